The molecule has 0 radical (unpaired) electrons. The molecule has 0 bridgehead atoms. The van der Waals surface area contributed by atoms with Gasteiger partial charge in [0.05, 0.1) is 6.04 Å². The molecule has 4 nitrogen and oxygen atoms in total. The average molecular weight is 288 g/mol. The van der Waals surface area contributed by atoms with E-state index in [1.807, 2.05) is 13.8 Å². The Kier molecular flexibility index (Phi) is 4.12. The number of nitrogens with one attached hydrogen (secondary N) is 1. The normalized spacial score (nSPS) is 12.0. The molecule has 0 saturated heterocycles. The molecule has 0 heterocycles. The number of phenols is 1. The first-order valence-corrected chi connectivity index (χ1v) is 6.54. The fourth-order valence-corrected chi connectivity index (χ4v) is 2.17. The first-order valence-electron chi connectivity index (χ1n) is 6.54. The van der Waals surface area contributed by atoms with Crippen molar-refractivity contribution in [3.05, 3.63) is 58.9 Å². The molecule has 0 saturated carbocycles. The van der Waals surface area contributed by atoms with Crippen LogP contribution < -0.4 is 11.1 Å². The van der Waals surface area contributed by atoms with Crippen molar-refractivity contribution in [3.63, 3.8) is 0 Å². The number of phenolic OH excluding ortho intramolecular Hbond substituents is 1. The molecular formula is C16H17FN2O2. The summed E-state index contributed by atoms with van der Waals surface area (Å²) in [7, 11) is 0. The summed E-state index contributed by atoms with van der Waals surface area (Å²) in [6.45, 7) is 3.71. The predicted octanol–water partition coefficient (Wildman–Crippen LogP) is 3.11. The lowest BCUT2D eigenvalue weighted by atomic mass is 10.0. The number of hydrogen-bond donors (Lipinski definition) is 3. The van der Waals surface area contributed by atoms with Crippen LogP contribution in [0.2, 0.25) is 0 Å². The van der Waals surface area contributed by atoms with Crippen LogP contribution in [0.25, 0.3) is 0 Å². The van der Waals surface area contributed by atoms with Gasteiger partial charge in [0.2, 0.25) is 5.91 Å². The van der Waals surface area contributed by atoms with Gasteiger partial charge >= 0.3 is 0 Å². The molecule has 2 aromatic rings. The second-order valence-corrected chi connectivity index (χ2v) is 4.96. The van der Waals surface area contributed by atoms with Gasteiger partial charge in [-0.3, -0.25) is 4.79 Å². The largest absolute Gasteiger partial charge is 0.507 e. The summed E-state index contributed by atoms with van der Waals surface area (Å²) in [5, 5.41) is 13.0. The molecule has 1 atom stereocenters. The van der Waals surface area contributed by atoms with E-state index in [-0.39, 0.29) is 11.8 Å². The Morgan fingerprint density at radius 1 is 1.29 bits per heavy atom. The molecule has 0 aliphatic heterocycles. The Hall–Kier alpha value is -2.56. The highest BCUT2D eigenvalue weighted by atomic mass is 19.1. The molecule has 0 aromatic heterocycles. The van der Waals surface area contributed by atoms with Crippen LogP contribution in [0.3, 0.4) is 0 Å². The lowest BCUT2D eigenvalue weighted by Crippen LogP contribution is -2.12. The lowest BCUT2D eigenvalue weighted by molar-refractivity contribution is 0.1000. The molecule has 110 valence electrons. The number of nitrogens with two attached hydrogens (primary N) is 1. The number of rotatable bonds is 4. The summed E-state index contributed by atoms with van der Waals surface area (Å²) in [4.78, 5) is 11.1. The van der Waals surface area contributed by atoms with E-state index in [2.05, 4.69) is 5.32 Å². The van der Waals surface area contributed by atoms with Gasteiger partial charge in [0, 0.05) is 22.9 Å². The fraction of sp³-hybridized carbons (Fsp3) is 0.188. The SMILES string of the molecule is Cc1cc(C(N)=O)ccc1NC(C)c1ccc(F)cc1O. The van der Waals surface area contributed by atoms with Crippen molar-refractivity contribution in [2.45, 2.75) is 19.9 Å². The molecular weight excluding hydrogens is 271 g/mol. The number of carbonyl (C=O) groups is 1. The maximum atomic E-state index is 13.0. The summed E-state index contributed by atoms with van der Waals surface area (Å²) >= 11 is 0. The van der Waals surface area contributed by atoms with Gasteiger partial charge < -0.3 is 16.2 Å². The summed E-state index contributed by atoms with van der Waals surface area (Å²) in [5.74, 6) is -1.05. The van der Waals surface area contributed by atoms with Gasteiger partial charge in [-0.2, -0.15) is 0 Å². The van der Waals surface area contributed by atoms with Gasteiger partial charge in [-0.15, -0.1) is 0 Å². The number of aryl methyl sites for hydroxylation is 1. The first kappa shape index (κ1) is 14.8. The standard InChI is InChI=1S/C16H17FN2O2/c1-9-7-11(16(18)21)3-6-14(9)19-10(2)13-5-4-12(17)8-15(13)20/h3-8,10,19-20H,1-2H3,(H2,18,21). The molecule has 5 heteroatoms. The number of benzene rings is 2. The third-order valence-electron chi connectivity index (χ3n) is 3.34. The van der Waals surface area contributed by atoms with E-state index < -0.39 is 11.7 Å². The molecule has 1 amide bonds. The number of aromatic hydroxyl groups is 1. The van der Waals surface area contributed by atoms with E-state index in [0.717, 1.165) is 17.3 Å². The van der Waals surface area contributed by atoms with E-state index in [1.54, 1.807) is 18.2 Å². The van der Waals surface area contributed by atoms with Crippen LogP contribution in [0.5, 0.6) is 5.75 Å². The minimum Gasteiger partial charge on any atom is -0.507 e. The van der Waals surface area contributed by atoms with Crippen LogP contribution in [0, 0.1) is 12.7 Å². The smallest absolute Gasteiger partial charge is 0.248 e. The van der Waals surface area contributed by atoms with E-state index in [0.29, 0.717) is 11.1 Å². The quantitative estimate of drug-likeness (QED) is 0.809. The second kappa shape index (κ2) is 5.83. The summed E-state index contributed by atoms with van der Waals surface area (Å²) < 4.78 is 13.0. The Morgan fingerprint density at radius 3 is 2.57 bits per heavy atom. The molecule has 2 rings (SSSR count). The van der Waals surface area contributed by atoms with Gasteiger partial charge in [-0.05, 0) is 43.7 Å². The Balaban J connectivity index is 2.23. The predicted molar refractivity (Wildman–Crippen MR) is 79.8 cm³/mol. The summed E-state index contributed by atoms with van der Waals surface area (Å²) in [6, 6.07) is 8.79. The third kappa shape index (κ3) is 3.31. The Labute approximate surface area is 122 Å². The topological polar surface area (TPSA) is 75.4 Å². The van der Waals surface area contributed by atoms with Crippen molar-refractivity contribution in [2.75, 3.05) is 5.32 Å². The lowest BCUT2D eigenvalue weighted by Gasteiger charge is -2.18. The summed E-state index contributed by atoms with van der Waals surface area (Å²) in [6.07, 6.45) is 0. The van der Waals surface area contributed by atoms with E-state index in [4.69, 9.17) is 5.73 Å². The van der Waals surface area contributed by atoms with Crippen molar-refractivity contribution in [1.29, 1.82) is 0 Å². The minimum absolute atomic E-state index is 0.0959. The van der Waals surface area contributed by atoms with Gasteiger partial charge in [0.1, 0.15) is 11.6 Å². The number of primary amides is 1. The molecule has 2 aromatic carbocycles. The Morgan fingerprint density at radius 2 is 2.00 bits per heavy atom. The molecule has 1 unspecified atom stereocenters. The number of amides is 1. The van der Waals surface area contributed by atoms with Crippen molar-refractivity contribution in [2.24, 2.45) is 5.73 Å². The monoisotopic (exact) mass is 288 g/mol. The highest BCUT2D eigenvalue weighted by molar-refractivity contribution is 5.93. The van der Waals surface area contributed by atoms with Gasteiger partial charge in [-0.25, -0.2) is 4.39 Å². The van der Waals surface area contributed by atoms with Crippen molar-refractivity contribution in [1.82, 2.24) is 0 Å². The maximum absolute atomic E-state index is 13.0. The van der Waals surface area contributed by atoms with Crippen molar-refractivity contribution >= 4 is 11.6 Å². The van der Waals surface area contributed by atoms with Gasteiger partial charge in [0.25, 0.3) is 0 Å². The third-order valence-corrected chi connectivity index (χ3v) is 3.34. The van der Waals surface area contributed by atoms with Gasteiger partial charge in [-0.1, -0.05) is 6.07 Å². The van der Waals surface area contributed by atoms with Crippen molar-refractivity contribution < 1.29 is 14.3 Å². The zero-order chi connectivity index (χ0) is 15.6. The number of hydrogen-bond acceptors (Lipinski definition) is 3. The zero-order valence-corrected chi connectivity index (χ0v) is 11.9. The average Bonchev–Trinajstić information content (AvgIpc) is 2.40. The molecule has 0 fully saturated rings. The number of carbonyl (C=O) groups excluding carboxylic acids is 1. The molecule has 0 spiro atoms. The van der Waals surface area contributed by atoms with E-state index in [1.165, 1.54) is 12.1 Å². The van der Waals surface area contributed by atoms with E-state index in [9.17, 15) is 14.3 Å². The van der Waals surface area contributed by atoms with Crippen LogP contribution in [-0.2, 0) is 0 Å². The Bertz CT molecular complexity index is 686. The van der Waals surface area contributed by atoms with Gasteiger partial charge in [0.15, 0.2) is 0 Å². The van der Waals surface area contributed by atoms with Crippen LogP contribution in [0.1, 0.15) is 34.5 Å². The minimum atomic E-state index is -0.481. The number of anilines is 1. The van der Waals surface area contributed by atoms with Crippen LogP contribution >= 0.6 is 0 Å². The second-order valence-electron chi connectivity index (χ2n) is 4.96. The highest BCUT2D eigenvalue weighted by Gasteiger charge is 2.12. The molecule has 0 aliphatic carbocycles. The zero-order valence-electron chi connectivity index (χ0n) is 11.9. The first-order chi connectivity index (χ1) is 9.88. The van der Waals surface area contributed by atoms with Crippen LogP contribution in [0.15, 0.2) is 36.4 Å². The highest BCUT2D eigenvalue weighted by Crippen LogP contribution is 2.28. The van der Waals surface area contributed by atoms with Crippen LogP contribution in [0.4, 0.5) is 10.1 Å². The maximum Gasteiger partial charge on any atom is 0.248 e. The molecule has 4 N–H and O–H groups in total. The fourth-order valence-electron chi connectivity index (χ4n) is 2.17. The number of halogens is 1. The molecule has 0 aliphatic rings. The van der Waals surface area contributed by atoms with Crippen molar-refractivity contribution in [3.8, 4) is 5.75 Å². The summed E-state index contributed by atoms with van der Waals surface area (Å²) in [5.41, 5.74) is 7.94. The van der Waals surface area contributed by atoms with Crippen LogP contribution in [-0.4, -0.2) is 11.0 Å². The molecule has 21 heavy (non-hydrogen) atoms. The van der Waals surface area contributed by atoms with E-state index >= 15 is 0 Å².